The van der Waals surface area contributed by atoms with Crippen LogP contribution in [-0.2, 0) is 0 Å². The summed E-state index contributed by atoms with van der Waals surface area (Å²) < 4.78 is 11.3. The predicted molar refractivity (Wildman–Crippen MR) is 86.8 cm³/mol. The Morgan fingerprint density at radius 2 is 1.39 bits per heavy atom. The Bertz CT molecular complexity index is 491. The molecule has 2 aliphatic carbocycles. The van der Waals surface area contributed by atoms with Crippen molar-refractivity contribution in [3.8, 4) is 12.0 Å². The number of aromatic amines is 1. The quantitative estimate of drug-likeness (QED) is 0.871. The van der Waals surface area contributed by atoms with E-state index in [4.69, 9.17) is 9.47 Å². The predicted octanol–water partition coefficient (Wildman–Crippen LogP) is 3.08. The van der Waals surface area contributed by atoms with Crippen molar-refractivity contribution in [3.05, 3.63) is 10.5 Å². The Morgan fingerprint density at radius 1 is 0.826 bits per heavy atom. The van der Waals surface area contributed by atoms with Crippen molar-refractivity contribution in [1.82, 2.24) is 15.0 Å². The van der Waals surface area contributed by atoms with Gasteiger partial charge < -0.3 is 9.47 Å². The highest BCUT2D eigenvalue weighted by Gasteiger charge is 2.17. The summed E-state index contributed by atoms with van der Waals surface area (Å²) in [6.45, 7) is 1.19. The molecule has 2 saturated carbocycles. The van der Waals surface area contributed by atoms with Gasteiger partial charge in [0, 0.05) is 0 Å². The Morgan fingerprint density at radius 3 is 2.00 bits per heavy atom. The molecule has 23 heavy (non-hydrogen) atoms. The molecule has 6 nitrogen and oxygen atoms in total. The normalized spacial score (nSPS) is 20.3. The fourth-order valence-electron chi connectivity index (χ4n) is 3.58. The van der Waals surface area contributed by atoms with Gasteiger partial charge in [0.2, 0.25) is 0 Å². The van der Waals surface area contributed by atoms with Crippen LogP contribution in [0.15, 0.2) is 4.79 Å². The van der Waals surface area contributed by atoms with E-state index in [2.05, 4.69) is 15.0 Å². The molecule has 2 fully saturated rings. The standard InChI is InChI=1S/C17H27N3O3/c21-15-18-16(22-11-13-7-3-1-4-8-13)20-17(19-15)23-12-14-9-5-2-6-10-14/h13-14H,1-12H2,(H,18,19,20,21). The lowest BCUT2D eigenvalue weighted by atomic mass is 9.90. The first-order valence-corrected chi connectivity index (χ1v) is 9.03. The van der Waals surface area contributed by atoms with E-state index in [1.165, 1.54) is 64.2 Å². The Hall–Kier alpha value is -1.59. The van der Waals surface area contributed by atoms with E-state index >= 15 is 0 Å². The fraction of sp³-hybridized carbons (Fsp3) is 0.824. The molecule has 1 heterocycles. The minimum absolute atomic E-state index is 0.137. The van der Waals surface area contributed by atoms with E-state index in [9.17, 15) is 4.79 Å². The van der Waals surface area contributed by atoms with Gasteiger partial charge in [0.1, 0.15) is 0 Å². The average Bonchev–Trinajstić information content (AvgIpc) is 2.60. The van der Waals surface area contributed by atoms with E-state index in [1.54, 1.807) is 0 Å². The van der Waals surface area contributed by atoms with Crippen LogP contribution in [0.5, 0.6) is 12.0 Å². The smallest absolute Gasteiger partial charge is 0.353 e. The van der Waals surface area contributed by atoms with Gasteiger partial charge in [-0.2, -0.15) is 0 Å². The third-order valence-corrected chi connectivity index (χ3v) is 4.96. The molecule has 0 unspecified atom stereocenters. The highest BCUT2D eigenvalue weighted by atomic mass is 16.5. The van der Waals surface area contributed by atoms with E-state index in [1.807, 2.05) is 0 Å². The number of nitrogens with one attached hydrogen (secondary N) is 1. The van der Waals surface area contributed by atoms with Crippen molar-refractivity contribution < 1.29 is 9.47 Å². The van der Waals surface area contributed by atoms with E-state index in [0.29, 0.717) is 25.0 Å². The summed E-state index contributed by atoms with van der Waals surface area (Å²) in [5.74, 6) is 1.12. The highest BCUT2D eigenvalue weighted by molar-refractivity contribution is 5.00. The van der Waals surface area contributed by atoms with Crippen LogP contribution < -0.4 is 15.2 Å². The van der Waals surface area contributed by atoms with Crippen molar-refractivity contribution in [3.63, 3.8) is 0 Å². The number of hydrogen-bond acceptors (Lipinski definition) is 5. The molecule has 0 aromatic carbocycles. The van der Waals surface area contributed by atoms with Gasteiger partial charge in [0.15, 0.2) is 0 Å². The van der Waals surface area contributed by atoms with Crippen LogP contribution in [0, 0.1) is 11.8 Å². The number of H-pyrrole nitrogens is 1. The van der Waals surface area contributed by atoms with Crippen molar-refractivity contribution in [1.29, 1.82) is 0 Å². The summed E-state index contributed by atoms with van der Waals surface area (Å²) in [6, 6.07) is 0.368. The van der Waals surface area contributed by atoms with Crippen LogP contribution in [0.3, 0.4) is 0 Å². The maximum absolute atomic E-state index is 11.6. The van der Waals surface area contributed by atoms with Crippen LogP contribution in [0.4, 0.5) is 0 Å². The lowest BCUT2D eigenvalue weighted by Crippen LogP contribution is -2.21. The van der Waals surface area contributed by atoms with Gasteiger partial charge in [-0.25, -0.2) is 4.79 Å². The summed E-state index contributed by atoms with van der Waals surface area (Å²) in [5.41, 5.74) is -0.461. The molecule has 1 aromatic heterocycles. The molecule has 0 saturated heterocycles. The molecule has 128 valence electrons. The molecule has 2 aliphatic rings. The first-order valence-electron chi connectivity index (χ1n) is 9.03. The Balaban J connectivity index is 1.51. The summed E-state index contributed by atoms with van der Waals surface area (Å²) in [6.07, 6.45) is 12.5. The number of hydrogen-bond donors (Lipinski definition) is 1. The zero-order chi connectivity index (χ0) is 15.9. The van der Waals surface area contributed by atoms with Crippen LogP contribution in [-0.4, -0.2) is 28.2 Å². The van der Waals surface area contributed by atoms with Crippen molar-refractivity contribution in [2.24, 2.45) is 11.8 Å². The summed E-state index contributed by atoms with van der Waals surface area (Å²) >= 11 is 0. The van der Waals surface area contributed by atoms with Crippen LogP contribution >= 0.6 is 0 Å². The summed E-state index contributed by atoms with van der Waals surface area (Å²) in [5, 5.41) is 0. The molecule has 0 radical (unpaired) electrons. The van der Waals surface area contributed by atoms with Gasteiger partial charge in [0.25, 0.3) is 0 Å². The van der Waals surface area contributed by atoms with Crippen molar-refractivity contribution in [2.45, 2.75) is 64.2 Å². The van der Waals surface area contributed by atoms with Gasteiger partial charge >= 0.3 is 17.7 Å². The number of rotatable bonds is 6. The van der Waals surface area contributed by atoms with Crippen LogP contribution in [0.1, 0.15) is 64.2 Å². The molecule has 6 heteroatoms. The van der Waals surface area contributed by atoms with E-state index in [0.717, 1.165) is 0 Å². The Kier molecular flexibility index (Phi) is 5.88. The first-order chi connectivity index (χ1) is 11.3. The average molecular weight is 321 g/mol. The SMILES string of the molecule is O=c1nc(OCC2CCCCC2)nc(OCC2CCCCC2)[nH]1. The van der Waals surface area contributed by atoms with Gasteiger partial charge in [-0.05, 0) is 37.5 Å². The zero-order valence-corrected chi connectivity index (χ0v) is 13.8. The lowest BCUT2D eigenvalue weighted by Gasteiger charge is -2.21. The lowest BCUT2D eigenvalue weighted by molar-refractivity contribution is 0.178. The monoisotopic (exact) mass is 321 g/mol. The largest absolute Gasteiger partial charge is 0.464 e. The minimum atomic E-state index is -0.461. The number of aromatic nitrogens is 3. The third kappa shape index (κ3) is 5.22. The third-order valence-electron chi connectivity index (χ3n) is 4.96. The molecule has 1 N–H and O–H groups in total. The highest BCUT2D eigenvalue weighted by Crippen LogP contribution is 2.25. The molecular weight excluding hydrogens is 294 g/mol. The molecule has 0 bridgehead atoms. The molecule has 1 aromatic rings. The maximum atomic E-state index is 11.6. The molecular formula is C17H27N3O3. The van der Waals surface area contributed by atoms with Crippen molar-refractivity contribution in [2.75, 3.05) is 13.2 Å². The second-order valence-electron chi connectivity index (χ2n) is 6.87. The molecule has 0 spiro atoms. The first kappa shape index (κ1) is 16.3. The van der Waals surface area contributed by atoms with Gasteiger partial charge in [-0.1, -0.05) is 38.5 Å². The van der Waals surface area contributed by atoms with Crippen LogP contribution in [0.2, 0.25) is 0 Å². The summed E-state index contributed by atoms with van der Waals surface area (Å²) in [4.78, 5) is 22.2. The molecule has 0 atom stereocenters. The van der Waals surface area contributed by atoms with Crippen LogP contribution in [0.25, 0.3) is 0 Å². The number of ether oxygens (including phenoxy) is 2. The number of nitrogens with zero attached hydrogens (tertiary/aromatic N) is 2. The molecule has 0 amide bonds. The second-order valence-corrected chi connectivity index (χ2v) is 6.87. The van der Waals surface area contributed by atoms with Gasteiger partial charge in [-0.3, -0.25) is 4.98 Å². The maximum Gasteiger partial charge on any atom is 0.353 e. The van der Waals surface area contributed by atoms with Gasteiger partial charge in [-0.15, -0.1) is 9.97 Å². The zero-order valence-electron chi connectivity index (χ0n) is 13.8. The van der Waals surface area contributed by atoms with Crippen molar-refractivity contribution >= 4 is 0 Å². The molecule has 0 aliphatic heterocycles. The van der Waals surface area contributed by atoms with Gasteiger partial charge in [0.05, 0.1) is 13.2 Å². The summed E-state index contributed by atoms with van der Waals surface area (Å²) in [7, 11) is 0. The minimum Gasteiger partial charge on any atom is -0.464 e. The Labute approximate surface area is 137 Å². The van der Waals surface area contributed by atoms with E-state index in [-0.39, 0.29) is 12.0 Å². The fourth-order valence-corrected chi connectivity index (χ4v) is 3.58. The second kappa shape index (κ2) is 8.31. The van der Waals surface area contributed by atoms with E-state index < -0.39 is 5.69 Å². The topological polar surface area (TPSA) is 77.1 Å². The molecule has 3 rings (SSSR count).